The van der Waals surface area contributed by atoms with Gasteiger partial charge in [-0.15, -0.1) is 0 Å². The summed E-state index contributed by atoms with van der Waals surface area (Å²) in [6, 6.07) is 7.59. The molecule has 1 aromatic rings. The van der Waals surface area contributed by atoms with Gasteiger partial charge in [-0.1, -0.05) is 29.8 Å². The van der Waals surface area contributed by atoms with Gasteiger partial charge in [0, 0.05) is 0 Å². The number of hydrogen-bond acceptors (Lipinski definition) is 4. The molecule has 1 saturated carbocycles. The summed E-state index contributed by atoms with van der Waals surface area (Å²) in [4.78, 5) is 23.6. The smallest absolute Gasteiger partial charge is 0.317 e. The SMILES string of the molecule is COC(=O)C1CC1(C(=O)OC)c1ccc(C)cc1. The summed E-state index contributed by atoms with van der Waals surface area (Å²) in [6.45, 7) is 1.97. The Hall–Kier alpha value is -1.84. The molecule has 4 nitrogen and oxygen atoms in total. The first-order valence-electron chi connectivity index (χ1n) is 5.79. The van der Waals surface area contributed by atoms with Crippen molar-refractivity contribution in [1.82, 2.24) is 0 Å². The molecule has 0 aliphatic heterocycles. The average molecular weight is 248 g/mol. The quantitative estimate of drug-likeness (QED) is 0.762. The van der Waals surface area contributed by atoms with E-state index in [9.17, 15) is 9.59 Å². The van der Waals surface area contributed by atoms with Gasteiger partial charge < -0.3 is 9.47 Å². The second-order valence-electron chi connectivity index (χ2n) is 4.61. The third-order valence-corrected chi connectivity index (χ3v) is 3.56. The van der Waals surface area contributed by atoms with Crippen molar-refractivity contribution in [1.29, 1.82) is 0 Å². The van der Waals surface area contributed by atoms with Gasteiger partial charge in [-0.05, 0) is 18.9 Å². The number of benzene rings is 1. The van der Waals surface area contributed by atoms with Crippen molar-refractivity contribution in [3.63, 3.8) is 0 Å². The molecule has 4 heteroatoms. The van der Waals surface area contributed by atoms with Crippen LogP contribution in [0, 0.1) is 12.8 Å². The van der Waals surface area contributed by atoms with Crippen LogP contribution in [0.3, 0.4) is 0 Å². The highest BCUT2D eigenvalue weighted by molar-refractivity contribution is 5.96. The van der Waals surface area contributed by atoms with Crippen LogP contribution in [0.5, 0.6) is 0 Å². The molecule has 1 aliphatic carbocycles. The molecule has 0 bridgehead atoms. The van der Waals surface area contributed by atoms with E-state index >= 15 is 0 Å². The number of methoxy groups -OCH3 is 2. The standard InChI is InChI=1S/C14H16O4/c1-9-4-6-10(7-5-9)14(13(16)18-3)8-11(14)12(15)17-2/h4-7,11H,8H2,1-3H3. The van der Waals surface area contributed by atoms with Crippen molar-refractivity contribution in [2.75, 3.05) is 14.2 Å². The van der Waals surface area contributed by atoms with Crippen molar-refractivity contribution in [3.05, 3.63) is 35.4 Å². The summed E-state index contributed by atoms with van der Waals surface area (Å²) in [7, 11) is 2.67. The lowest BCUT2D eigenvalue weighted by Crippen LogP contribution is -2.27. The van der Waals surface area contributed by atoms with Gasteiger partial charge in [-0.25, -0.2) is 0 Å². The second kappa shape index (κ2) is 4.44. The molecule has 1 aliphatic rings. The average Bonchev–Trinajstić information content (AvgIpc) is 3.14. The zero-order valence-electron chi connectivity index (χ0n) is 10.7. The van der Waals surface area contributed by atoms with Gasteiger partial charge in [-0.3, -0.25) is 9.59 Å². The van der Waals surface area contributed by atoms with Crippen LogP contribution >= 0.6 is 0 Å². The van der Waals surface area contributed by atoms with E-state index in [2.05, 4.69) is 0 Å². The number of carbonyl (C=O) groups excluding carboxylic acids is 2. The summed E-state index contributed by atoms with van der Waals surface area (Å²) in [6.07, 6.45) is 0.454. The van der Waals surface area contributed by atoms with E-state index in [1.165, 1.54) is 14.2 Å². The molecule has 1 fully saturated rings. The molecule has 0 amide bonds. The third kappa shape index (κ3) is 1.78. The number of hydrogen-bond donors (Lipinski definition) is 0. The zero-order chi connectivity index (χ0) is 13.3. The third-order valence-electron chi connectivity index (χ3n) is 3.56. The molecule has 18 heavy (non-hydrogen) atoms. The van der Waals surface area contributed by atoms with Crippen LogP contribution in [0.4, 0.5) is 0 Å². The van der Waals surface area contributed by atoms with Gasteiger partial charge in [0.15, 0.2) is 0 Å². The van der Waals surface area contributed by atoms with Crippen LogP contribution in [-0.2, 0) is 24.5 Å². The van der Waals surface area contributed by atoms with Crippen molar-refractivity contribution in [2.45, 2.75) is 18.8 Å². The summed E-state index contributed by atoms with van der Waals surface area (Å²) in [5.41, 5.74) is 1.07. The van der Waals surface area contributed by atoms with Crippen LogP contribution in [0.25, 0.3) is 0 Å². The highest BCUT2D eigenvalue weighted by Crippen LogP contribution is 2.55. The van der Waals surface area contributed by atoms with E-state index < -0.39 is 11.3 Å². The molecular formula is C14H16O4. The summed E-state index contributed by atoms with van der Waals surface area (Å²) >= 11 is 0. The Morgan fingerprint density at radius 3 is 2.28 bits per heavy atom. The maximum absolute atomic E-state index is 12.0. The highest BCUT2D eigenvalue weighted by Gasteiger charge is 2.66. The van der Waals surface area contributed by atoms with E-state index in [1.807, 2.05) is 31.2 Å². The molecule has 2 unspecified atom stereocenters. The number of esters is 2. The predicted molar refractivity (Wildman–Crippen MR) is 65.0 cm³/mol. The Kier molecular flexibility index (Phi) is 3.11. The molecule has 0 heterocycles. The normalized spacial score (nSPS) is 25.4. The number of rotatable bonds is 3. The fraction of sp³-hybridized carbons (Fsp3) is 0.429. The van der Waals surface area contributed by atoms with Crippen molar-refractivity contribution >= 4 is 11.9 Å². The molecule has 1 aromatic carbocycles. The maximum atomic E-state index is 12.0. The largest absolute Gasteiger partial charge is 0.469 e. The minimum atomic E-state index is -0.852. The summed E-state index contributed by atoms with van der Waals surface area (Å²) < 4.78 is 9.56. The second-order valence-corrected chi connectivity index (χ2v) is 4.61. The zero-order valence-corrected chi connectivity index (χ0v) is 10.7. The molecule has 0 radical (unpaired) electrons. The van der Waals surface area contributed by atoms with Crippen LogP contribution in [0.2, 0.25) is 0 Å². The van der Waals surface area contributed by atoms with Gasteiger partial charge in [0.25, 0.3) is 0 Å². The molecule has 0 N–H and O–H groups in total. The molecule has 0 saturated heterocycles. The predicted octanol–water partition coefficient (Wildman–Crippen LogP) is 1.60. The maximum Gasteiger partial charge on any atom is 0.317 e. The Bertz CT molecular complexity index is 477. The lowest BCUT2D eigenvalue weighted by Gasteiger charge is -2.15. The van der Waals surface area contributed by atoms with Crippen LogP contribution in [0.15, 0.2) is 24.3 Å². The first kappa shape index (κ1) is 12.6. The van der Waals surface area contributed by atoms with E-state index in [0.29, 0.717) is 6.42 Å². The summed E-state index contributed by atoms with van der Waals surface area (Å²) in [5.74, 6) is -1.17. The van der Waals surface area contributed by atoms with Crippen molar-refractivity contribution in [2.24, 2.45) is 5.92 Å². The molecule has 2 rings (SSSR count). The first-order valence-corrected chi connectivity index (χ1v) is 5.79. The number of aryl methyl sites for hydroxylation is 1. The van der Waals surface area contributed by atoms with Crippen LogP contribution in [-0.4, -0.2) is 26.2 Å². The van der Waals surface area contributed by atoms with E-state index in [-0.39, 0.29) is 11.9 Å². The van der Waals surface area contributed by atoms with E-state index in [1.54, 1.807) is 0 Å². The Morgan fingerprint density at radius 2 is 1.78 bits per heavy atom. The molecule has 0 spiro atoms. The Morgan fingerprint density at radius 1 is 1.17 bits per heavy atom. The Balaban J connectivity index is 2.37. The number of ether oxygens (including phenoxy) is 2. The van der Waals surface area contributed by atoms with Crippen LogP contribution < -0.4 is 0 Å². The monoisotopic (exact) mass is 248 g/mol. The van der Waals surface area contributed by atoms with Crippen LogP contribution in [0.1, 0.15) is 17.5 Å². The highest BCUT2D eigenvalue weighted by atomic mass is 16.5. The topological polar surface area (TPSA) is 52.6 Å². The molecule has 2 atom stereocenters. The van der Waals surface area contributed by atoms with E-state index in [4.69, 9.17) is 9.47 Å². The lowest BCUT2D eigenvalue weighted by atomic mass is 9.92. The van der Waals surface area contributed by atoms with Gasteiger partial charge in [0.2, 0.25) is 0 Å². The molecular weight excluding hydrogens is 232 g/mol. The molecule has 96 valence electrons. The van der Waals surface area contributed by atoms with Crippen molar-refractivity contribution < 1.29 is 19.1 Å². The van der Waals surface area contributed by atoms with Gasteiger partial charge in [-0.2, -0.15) is 0 Å². The fourth-order valence-corrected chi connectivity index (χ4v) is 2.39. The van der Waals surface area contributed by atoms with E-state index in [0.717, 1.165) is 11.1 Å². The molecule has 0 aromatic heterocycles. The minimum Gasteiger partial charge on any atom is -0.469 e. The first-order chi connectivity index (χ1) is 8.56. The van der Waals surface area contributed by atoms with Gasteiger partial charge >= 0.3 is 11.9 Å². The summed E-state index contributed by atoms with van der Waals surface area (Å²) in [5, 5.41) is 0. The minimum absolute atomic E-state index is 0.360. The number of carbonyl (C=O) groups is 2. The lowest BCUT2D eigenvalue weighted by molar-refractivity contribution is -0.149. The fourth-order valence-electron chi connectivity index (χ4n) is 2.39. The Labute approximate surface area is 106 Å². The van der Waals surface area contributed by atoms with Gasteiger partial charge in [0.1, 0.15) is 5.41 Å². The van der Waals surface area contributed by atoms with Crippen molar-refractivity contribution in [3.8, 4) is 0 Å². The van der Waals surface area contributed by atoms with Gasteiger partial charge in [0.05, 0.1) is 20.1 Å².